The number of rotatable bonds is 8. The van der Waals surface area contributed by atoms with Gasteiger partial charge in [-0.25, -0.2) is 9.97 Å². The van der Waals surface area contributed by atoms with Crippen LogP contribution >= 0.6 is 0 Å². The number of fused-ring (bicyclic) bond motifs is 5. The molecule has 3 aromatic heterocycles. The van der Waals surface area contributed by atoms with Crippen LogP contribution in [0.3, 0.4) is 0 Å². The number of nitrogens with zero attached hydrogens (tertiary/aromatic N) is 6. The molecule has 0 fully saturated rings. The predicted octanol–water partition coefficient (Wildman–Crippen LogP) is 18.3. The Labute approximate surface area is 520 Å². The molecule has 9 nitrogen and oxygen atoms in total. The Balaban J connectivity index is 1.09. The summed E-state index contributed by atoms with van der Waals surface area (Å²) in [6.07, 6.45) is 24.4. The number of hydrogen-bond donors (Lipinski definition) is 2. The van der Waals surface area contributed by atoms with Gasteiger partial charge >= 0.3 is 0 Å². The maximum Gasteiger partial charge on any atom is 0.221 e. The highest BCUT2D eigenvalue weighted by molar-refractivity contribution is 6.67. The second-order valence-electron chi connectivity index (χ2n) is 26.9. The third kappa shape index (κ3) is 11.6. The van der Waals surface area contributed by atoms with E-state index >= 15 is 0 Å². The number of aryl methyl sites for hydroxylation is 1. The summed E-state index contributed by atoms with van der Waals surface area (Å²) in [4.78, 5) is 15.5. The molecule has 2 radical (unpaired) electrons. The number of imidazole rings is 1. The second kappa shape index (κ2) is 22.9. The highest BCUT2D eigenvalue weighted by Gasteiger charge is 2.35. The van der Waals surface area contributed by atoms with Crippen LogP contribution < -0.4 is 25.2 Å². The molecular formula is C76H78B2N8O. The van der Waals surface area contributed by atoms with Crippen LogP contribution in [0.4, 0.5) is 22.7 Å². The zero-order valence-corrected chi connectivity index (χ0v) is 52.2. The van der Waals surface area contributed by atoms with Gasteiger partial charge in [0, 0.05) is 64.4 Å². The molecule has 2 N–H and O–H groups in total. The predicted molar refractivity (Wildman–Crippen MR) is 370 cm³/mol. The van der Waals surface area contributed by atoms with Gasteiger partial charge in [-0.15, -0.1) is 12.0 Å². The molecule has 6 aromatic carbocycles. The van der Waals surface area contributed by atoms with Crippen LogP contribution in [0.25, 0.3) is 61.0 Å². The van der Waals surface area contributed by atoms with Crippen LogP contribution in [0, 0.1) is 0 Å². The maximum atomic E-state index is 8.91. The van der Waals surface area contributed by atoms with Gasteiger partial charge in [0.2, 0.25) is 11.8 Å². The van der Waals surface area contributed by atoms with Gasteiger partial charge in [0.1, 0.15) is 12.4 Å². The normalized spacial score (nSPS) is 18.9. The standard InChI is InChI=1S/C76H78B2N8O/c1-73(2,3)50-33-36-64-55(43-50)54-35-34-53(48-68(54)86(64)72-82-62-29-14-15-30-65(62)83(72)13)87-69-47-52(46-63(81-69)70-58(75(7,8)9)25-22-26-59(70)76(10,11)12)84-49-85(67-32-17-16-31-66(67)84)71-56(60-27-23-41-79-39-20-18-37-77-60)44-51(74(4,5)6)45-57(71)61-28-24-42-80-40-21-19-38-78-61/h14-48,79-80H,49H2,1-13H3/b37-18-,38-19-,39-20-,40-21-,41-23-,42-24-,60-27-,61-28-/i13D3. The van der Waals surface area contributed by atoms with Crippen molar-refractivity contribution in [2.75, 3.05) is 16.5 Å². The first kappa shape index (κ1) is 54.4. The van der Waals surface area contributed by atoms with E-state index in [2.05, 4.69) is 257 Å². The molecule has 434 valence electrons. The minimum atomic E-state index is -2.55. The number of nitrogens with one attached hydrogen (secondary N) is 2. The van der Waals surface area contributed by atoms with E-state index in [1.54, 1.807) is 0 Å². The summed E-state index contributed by atoms with van der Waals surface area (Å²) in [6.45, 7) is 25.0. The van der Waals surface area contributed by atoms with Crippen LogP contribution in [0.2, 0.25) is 0 Å². The van der Waals surface area contributed by atoms with Gasteiger partial charge in [-0.3, -0.25) is 4.57 Å². The highest BCUT2D eigenvalue weighted by Crippen LogP contribution is 2.51. The zero-order chi connectivity index (χ0) is 63.5. The van der Waals surface area contributed by atoms with Crippen molar-refractivity contribution in [2.45, 2.75) is 105 Å². The number of para-hydroxylation sites is 4. The van der Waals surface area contributed by atoms with Gasteiger partial charge in [-0.1, -0.05) is 167 Å². The monoisotopic (exact) mass is 1140 g/mol. The third-order valence-electron chi connectivity index (χ3n) is 16.5. The lowest BCUT2D eigenvalue weighted by molar-refractivity contribution is 0.464. The molecular weight excluding hydrogens is 1060 g/mol. The Hall–Kier alpha value is -9.21. The fourth-order valence-electron chi connectivity index (χ4n) is 12.0. The molecule has 0 aliphatic carbocycles. The van der Waals surface area contributed by atoms with Crippen LogP contribution in [0.15, 0.2) is 213 Å². The Kier molecular flexibility index (Phi) is 14.3. The van der Waals surface area contributed by atoms with Crippen LogP contribution in [-0.4, -0.2) is 40.3 Å². The smallest absolute Gasteiger partial charge is 0.221 e. The Morgan fingerprint density at radius 2 is 1.13 bits per heavy atom. The molecule has 9 aromatic rings. The van der Waals surface area contributed by atoms with E-state index in [1.165, 1.54) is 21.3 Å². The molecule has 12 rings (SSSR count). The summed E-state index contributed by atoms with van der Waals surface area (Å²) >= 11 is 0. The minimum Gasteiger partial charge on any atom is -0.439 e. The maximum absolute atomic E-state index is 8.91. The Morgan fingerprint density at radius 3 is 1.75 bits per heavy atom. The molecule has 0 spiro atoms. The average molecular weight is 1140 g/mol. The number of ether oxygens (including phenoxy) is 1. The van der Waals surface area contributed by atoms with E-state index in [0.29, 0.717) is 29.3 Å². The number of benzene rings is 6. The Morgan fingerprint density at radius 1 is 0.517 bits per heavy atom. The largest absolute Gasteiger partial charge is 0.439 e. The van der Waals surface area contributed by atoms with Crippen molar-refractivity contribution in [2.24, 2.45) is 6.98 Å². The van der Waals surface area contributed by atoms with E-state index in [4.69, 9.17) is 18.8 Å². The summed E-state index contributed by atoms with van der Waals surface area (Å²) in [6, 6.07) is 44.4. The van der Waals surface area contributed by atoms with Crippen molar-refractivity contribution in [1.82, 2.24) is 29.7 Å². The van der Waals surface area contributed by atoms with Gasteiger partial charge in [0.05, 0.1) is 50.5 Å². The molecule has 0 amide bonds. The SMILES string of the molecule is [2H]C([2H])([2H])n1c(-n2c3ccc(C(C)(C)C)cc3c3ccc(Oc4cc(N5CN(c6c(/C7=C/C=C\N/C=C\C=C/[B]7)cc(C(C)(C)C)cc6/C6=C/C=C\N/C=C\C=C/[B]6)c6ccccc65)cc(-c5c(C(C)(C)C)cccc5C(C)(C)C)n4)cc32)nc2ccccc21. The molecule has 11 heteroatoms. The molecule has 87 heavy (non-hydrogen) atoms. The van der Waals surface area contributed by atoms with Crippen molar-refractivity contribution in [3.63, 3.8) is 0 Å². The van der Waals surface area contributed by atoms with Gasteiger partial charge in [0.15, 0.2) is 14.6 Å². The number of anilines is 4. The summed E-state index contributed by atoms with van der Waals surface area (Å²) < 4.78 is 37.4. The minimum absolute atomic E-state index is 0.151. The third-order valence-corrected chi connectivity index (χ3v) is 16.5. The number of hydrogen-bond acceptors (Lipinski definition) is 7. The van der Waals surface area contributed by atoms with Crippen LogP contribution in [-0.2, 0) is 28.6 Å². The summed E-state index contributed by atoms with van der Waals surface area (Å²) in [7, 11) is 4.41. The zero-order valence-electron chi connectivity index (χ0n) is 55.2. The fourth-order valence-corrected chi connectivity index (χ4v) is 12.0. The molecule has 3 aliphatic rings. The number of pyridine rings is 1. The second-order valence-corrected chi connectivity index (χ2v) is 26.9. The van der Waals surface area contributed by atoms with Gasteiger partial charge in [0.25, 0.3) is 0 Å². The molecule has 0 atom stereocenters. The molecule has 0 saturated carbocycles. The average Bonchev–Trinajstić information content (AvgIpc) is 1.54. The molecule has 6 heterocycles. The molecule has 0 unspecified atom stereocenters. The summed E-state index contributed by atoms with van der Waals surface area (Å²) in [5.74, 6) is 5.43. The van der Waals surface area contributed by atoms with Crippen LogP contribution in [0.1, 0.15) is 121 Å². The lowest BCUT2D eigenvalue weighted by Crippen LogP contribution is -2.27. The van der Waals surface area contributed by atoms with Crippen molar-refractivity contribution >= 4 is 81.1 Å². The number of allylic oxidation sites excluding steroid dienone is 8. The molecule has 0 saturated heterocycles. The molecule has 3 aliphatic heterocycles. The lowest BCUT2D eigenvalue weighted by atomic mass is 9.62. The van der Waals surface area contributed by atoms with E-state index < -0.39 is 6.98 Å². The fraction of sp³-hybridized carbons (Fsp3) is 0.237. The van der Waals surface area contributed by atoms with Crippen molar-refractivity contribution < 1.29 is 8.85 Å². The summed E-state index contributed by atoms with van der Waals surface area (Å²) in [5, 5.41) is 8.49. The van der Waals surface area contributed by atoms with Gasteiger partial charge in [-0.05, 0) is 146 Å². The first-order chi connectivity index (χ1) is 42.8. The quantitative estimate of drug-likeness (QED) is 0.147. The first-order valence-electron chi connectivity index (χ1n) is 31.7. The van der Waals surface area contributed by atoms with E-state index in [9.17, 15) is 0 Å². The van der Waals surface area contributed by atoms with Crippen molar-refractivity contribution in [3.05, 3.63) is 246 Å². The number of aromatic nitrogens is 4. The van der Waals surface area contributed by atoms with Gasteiger partial charge < -0.3 is 29.7 Å². The summed E-state index contributed by atoms with van der Waals surface area (Å²) in [5.41, 5.74) is 16.6. The van der Waals surface area contributed by atoms with Crippen LogP contribution in [0.5, 0.6) is 11.6 Å². The first-order valence-corrected chi connectivity index (χ1v) is 30.2. The van der Waals surface area contributed by atoms with E-state index in [-0.39, 0.29) is 27.6 Å². The topological polar surface area (TPSA) is 75.4 Å². The lowest BCUT2D eigenvalue weighted by Gasteiger charge is -2.32. The highest BCUT2D eigenvalue weighted by atomic mass is 16.5. The molecule has 0 bridgehead atoms. The van der Waals surface area contributed by atoms with Crippen molar-refractivity contribution in [1.29, 1.82) is 0 Å². The van der Waals surface area contributed by atoms with Gasteiger partial charge in [-0.2, -0.15) is 0 Å². The Bertz CT molecular complexity index is 4440. The van der Waals surface area contributed by atoms with E-state index in [0.717, 1.165) is 83.4 Å². The van der Waals surface area contributed by atoms with E-state index in [1.807, 2.05) is 77.9 Å². The van der Waals surface area contributed by atoms with Crippen molar-refractivity contribution in [3.8, 4) is 28.8 Å².